The molecule has 0 fully saturated rings. The van der Waals surface area contributed by atoms with Crippen LogP contribution in [0.25, 0.3) is 0 Å². The largest absolute Gasteiger partial charge is 0.206 e. The first-order valence-electron chi connectivity index (χ1n) is 1.37. The van der Waals surface area contributed by atoms with Gasteiger partial charge in [0.25, 0.3) is 0 Å². The van der Waals surface area contributed by atoms with Crippen LogP contribution in [0.4, 0.5) is 4.39 Å². The molecule has 0 nitrogen and oxygen atoms in total. The van der Waals surface area contributed by atoms with E-state index in [2.05, 4.69) is 0 Å². The van der Waals surface area contributed by atoms with Gasteiger partial charge in [0, 0.05) is 0 Å². The fourth-order valence-corrected chi connectivity index (χ4v) is 0. The van der Waals surface area contributed by atoms with Gasteiger partial charge in [-0.1, -0.05) is 12.3 Å². The fraction of sp³-hybridized carbons (Fsp3) is 0. The van der Waals surface area contributed by atoms with Crippen LogP contribution < -0.4 is 0 Å². The van der Waals surface area contributed by atoms with Gasteiger partial charge in [-0.15, -0.1) is 0 Å². The summed E-state index contributed by atoms with van der Waals surface area (Å²) < 4.78 is 16.7. The van der Waals surface area contributed by atoms with Crippen molar-refractivity contribution >= 4 is 0 Å². The quantitative estimate of drug-likeness (QED) is 0.368. The van der Waals surface area contributed by atoms with E-state index in [-0.39, 0.29) is 6.33 Å². The van der Waals surface area contributed by atoms with Gasteiger partial charge in [0.2, 0.25) is 0 Å². The van der Waals surface area contributed by atoms with E-state index < -0.39 is 0 Å². The number of hydrogen-bond donors (Lipinski definition) is 0. The lowest BCUT2D eigenvalue weighted by atomic mass is 11.0. The Bertz CT molecular complexity index is 55.3. The molecule has 1 heteroatoms. The monoisotopic (exact) mass is 59.0 g/mol. The Morgan fingerprint density at radius 2 is 3.25 bits per heavy atom. The van der Waals surface area contributed by atoms with Crippen LogP contribution in [0.1, 0.15) is 1.37 Å². The minimum Gasteiger partial charge on any atom is -0.206 e. The first-order valence-corrected chi connectivity index (χ1v) is 0.796. The van der Waals surface area contributed by atoms with E-state index in [4.69, 9.17) is 1.37 Å². The minimum atomic E-state index is 0.188. The van der Waals surface area contributed by atoms with Gasteiger partial charge in [0.1, 0.15) is 6.33 Å². The van der Waals surface area contributed by atoms with Crippen LogP contribution in [0.15, 0.2) is 18.6 Å². The molecule has 0 saturated heterocycles. The molecule has 0 radical (unpaired) electrons. The van der Waals surface area contributed by atoms with Crippen molar-refractivity contribution in [3.05, 3.63) is 18.6 Å². The molecule has 0 aliphatic carbocycles. The average Bonchev–Trinajstić information content (AvgIpc) is 1.41. The first-order chi connectivity index (χ1) is 2.41. The first kappa shape index (κ1) is 1.74. The number of halogens is 1. The van der Waals surface area contributed by atoms with Gasteiger partial charge < -0.3 is 0 Å². The molecule has 0 aromatic carbocycles. The number of hydrogen-bond acceptors (Lipinski definition) is 0. The Kier molecular flexibility index (Phi) is 1.07. The molecule has 0 aliphatic heterocycles. The predicted octanol–water partition coefficient (Wildman–Crippen LogP) is 1.25. The third-order valence-electron chi connectivity index (χ3n) is 0.0630. The van der Waals surface area contributed by atoms with Crippen molar-refractivity contribution < 1.29 is 5.76 Å². The molecular weight excluding hydrogens is 55.0 g/mol. The van der Waals surface area contributed by atoms with E-state index >= 15 is 0 Å². The maximum atomic E-state index is 10.6. The molecule has 0 aromatic rings. The van der Waals surface area contributed by atoms with Gasteiger partial charge >= 0.3 is 0 Å². The molecular formula is C3H3F. The highest BCUT2D eigenvalue weighted by atomic mass is 19.1. The van der Waals surface area contributed by atoms with Crippen LogP contribution in [-0.2, 0) is 0 Å². The normalized spacial score (nSPS) is 6.75. The van der Waals surface area contributed by atoms with Crippen LogP contribution >= 0.6 is 0 Å². The van der Waals surface area contributed by atoms with Crippen molar-refractivity contribution in [2.75, 3.05) is 0 Å². The zero-order valence-electron chi connectivity index (χ0n) is 3.03. The SMILES string of the molecule is [2H]C=C=CF. The van der Waals surface area contributed by atoms with E-state index in [9.17, 15) is 4.39 Å². The van der Waals surface area contributed by atoms with Gasteiger partial charge in [-0.2, -0.15) is 0 Å². The maximum Gasteiger partial charge on any atom is 0.128 e. The summed E-state index contributed by atoms with van der Waals surface area (Å²) in [6.45, 7) is 0.750. The van der Waals surface area contributed by atoms with Crippen molar-refractivity contribution in [3.63, 3.8) is 0 Å². The second kappa shape index (κ2) is 2.45. The van der Waals surface area contributed by atoms with Crippen molar-refractivity contribution in [3.8, 4) is 0 Å². The zero-order chi connectivity index (χ0) is 4.12. The summed E-state index contributed by atoms with van der Waals surface area (Å²) >= 11 is 0. The lowest BCUT2D eigenvalue weighted by molar-refractivity contribution is 0.723. The van der Waals surface area contributed by atoms with Crippen LogP contribution in [0, 0.1) is 0 Å². The van der Waals surface area contributed by atoms with Crippen LogP contribution in [0.5, 0.6) is 0 Å². The molecule has 0 spiro atoms. The van der Waals surface area contributed by atoms with Crippen molar-refractivity contribution in [2.24, 2.45) is 0 Å². The highest BCUT2D eigenvalue weighted by Crippen LogP contribution is 1.54. The summed E-state index contributed by atoms with van der Waals surface area (Å²) in [6.07, 6.45) is 0.188. The fourth-order valence-electron chi connectivity index (χ4n) is 0. The van der Waals surface area contributed by atoms with Crippen molar-refractivity contribution in [1.29, 1.82) is 0 Å². The summed E-state index contributed by atoms with van der Waals surface area (Å²) in [5.41, 5.74) is 1.86. The Hall–Kier alpha value is -0.550. The van der Waals surface area contributed by atoms with Crippen LogP contribution in [0.2, 0.25) is 0 Å². The molecule has 0 rings (SSSR count). The zero-order valence-corrected chi connectivity index (χ0v) is 2.03. The smallest absolute Gasteiger partial charge is 0.128 e. The molecule has 0 unspecified atom stereocenters. The Morgan fingerprint density at radius 3 is 3.25 bits per heavy atom. The second-order valence-electron chi connectivity index (χ2n) is 0.276. The molecule has 0 aromatic heterocycles. The van der Waals surface area contributed by atoms with E-state index in [0.29, 0.717) is 0 Å². The molecule has 0 amide bonds. The van der Waals surface area contributed by atoms with E-state index in [1.807, 2.05) is 5.73 Å². The standard InChI is InChI=1S/C3H3F/c1-2-3-4/h3H,1H2/i1D. The molecule has 0 atom stereocenters. The van der Waals surface area contributed by atoms with Gasteiger partial charge in [-0.05, 0) is 0 Å². The summed E-state index contributed by atoms with van der Waals surface area (Å²) in [4.78, 5) is 0. The van der Waals surface area contributed by atoms with Gasteiger partial charge in [-0.25, -0.2) is 4.39 Å². The second-order valence-corrected chi connectivity index (χ2v) is 0.276. The average molecular weight is 59.1 g/mol. The molecule has 4 heavy (non-hydrogen) atoms. The van der Waals surface area contributed by atoms with Gasteiger partial charge in [-0.3, -0.25) is 0 Å². The summed E-state index contributed by atoms with van der Waals surface area (Å²) in [6, 6.07) is 0. The molecule has 0 bridgehead atoms. The summed E-state index contributed by atoms with van der Waals surface area (Å²) in [5, 5.41) is 0. The number of rotatable bonds is 0. The van der Waals surface area contributed by atoms with Crippen molar-refractivity contribution in [1.82, 2.24) is 0 Å². The van der Waals surface area contributed by atoms with Crippen LogP contribution in [-0.4, -0.2) is 0 Å². The third-order valence-corrected chi connectivity index (χ3v) is 0.0630. The van der Waals surface area contributed by atoms with Crippen LogP contribution in [0.3, 0.4) is 0 Å². The lowest BCUT2D eigenvalue weighted by Gasteiger charge is -1.34. The molecule has 0 heterocycles. The third kappa shape index (κ3) is 1.45. The topological polar surface area (TPSA) is 0 Å². The highest BCUT2D eigenvalue weighted by molar-refractivity contribution is 4.60. The Morgan fingerprint density at radius 1 is 2.50 bits per heavy atom. The summed E-state index contributed by atoms with van der Waals surface area (Å²) in [7, 11) is 0. The van der Waals surface area contributed by atoms with E-state index in [0.717, 1.165) is 6.55 Å². The molecule has 0 aliphatic rings. The van der Waals surface area contributed by atoms with E-state index in [1.54, 1.807) is 0 Å². The van der Waals surface area contributed by atoms with Crippen molar-refractivity contribution in [2.45, 2.75) is 0 Å². The van der Waals surface area contributed by atoms with Gasteiger partial charge in [0.05, 0.1) is 1.37 Å². The highest BCUT2D eigenvalue weighted by Gasteiger charge is 1.29. The molecule has 0 saturated carbocycles. The summed E-state index contributed by atoms with van der Waals surface area (Å²) in [5.74, 6) is 0. The lowest BCUT2D eigenvalue weighted by Crippen LogP contribution is -1.09. The Balaban J connectivity index is 3.26. The maximum absolute atomic E-state index is 10.6. The Labute approximate surface area is 25.7 Å². The van der Waals surface area contributed by atoms with Gasteiger partial charge in [0.15, 0.2) is 0 Å². The molecule has 22 valence electrons. The predicted molar refractivity (Wildman–Crippen MR) is 14.8 cm³/mol. The van der Waals surface area contributed by atoms with E-state index in [1.165, 1.54) is 0 Å². The molecule has 0 N–H and O–H groups in total. The minimum absolute atomic E-state index is 0.188.